The van der Waals surface area contributed by atoms with Crippen molar-refractivity contribution in [1.82, 2.24) is 9.97 Å². The number of rotatable bonds is 7. The van der Waals surface area contributed by atoms with Gasteiger partial charge in [0.25, 0.3) is 0 Å². The van der Waals surface area contributed by atoms with Gasteiger partial charge in [0.1, 0.15) is 18.1 Å². The molecule has 13 heteroatoms. The lowest BCUT2D eigenvalue weighted by atomic mass is 10.1. The Morgan fingerprint density at radius 1 is 0.970 bits per heavy atom. The molecular weight excluding hydrogens is 458 g/mol. The lowest BCUT2D eigenvalue weighted by Gasteiger charge is -2.13. The molecule has 0 bridgehead atoms. The predicted octanol–water partition coefficient (Wildman–Crippen LogP) is 5.30. The number of alkyl halides is 6. The second kappa shape index (κ2) is 9.22. The lowest BCUT2D eigenvalue weighted by molar-refractivity contribution is -0.274. The van der Waals surface area contributed by atoms with E-state index < -0.39 is 36.4 Å². The fourth-order valence-corrected chi connectivity index (χ4v) is 2.64. The molecule has 174 valence electrons. The third-order valence-corrected chi connectivity index (χ3v) is 3.97. The van der Waals surface area contributed by atoms with Crippen molar-refractivity contribution >= 4 is 23.4 Å². The maximum Gasteiger partial charge on any atom is 0.573 e. The van der Waals surface area contributed by atoms with Gasteiger partial charge in [0.05, 0.1) is 11.3 Å². The molecule has 0 spiro atoms. The Morgan fingerprint density at radius 2 is 1.67 bits per heavy atom. The van der Waals surface area contributed by atoms with E-state index in [2.05, 4.69) is 25.3 Å². The Hall–Kier alpha value is -4.03. The van der Waals surface area contributed by atoms with Gasteiger partial charge in [-0.25, -0.2) is 4.98 Å². The Bertz CT molecular complexity index is 1130. The average Bonchev–Trinajstić information content (AvgIpc) is 2.71. The van der Waals surface area contributed by atoms with Gasteiger partial charge in [-0.05, 0) is 36.4 Å². The number of halogens is 6. The molecule has 0 fully saturated rings. The summed E-state index contributed by atoms with van der Waals surface area (Å²) in [7, 11) is 0. The van der Waals surface area contributed by atoms with E-state index in [4.69, 9.17) is 5.11 Å². The van der Waals surface area contributed by atoms with Crippen LogP contribution in [-0.2, 0) is 11.0 Å². The predicted molar refractivity (Wildman–Crippen MR) is 105 cm³/mol. The third-order valence-electron chi connectivity index (χ3n) is 3.97. The van der Waals surface area contributed by atoms with E-state index in [1.54, 1.807) is 0 Å². The Labute approximate surface area is 182 Å². The van der Waals surface area contributed by atoms with E-state index >= 15 is 0 Å². The minimum atomic E-state index is -4.91. The number of carbonyl (C=O) groups is 1. The first-order valence-electron chi connectivity index (χ1n) is 9.04. The zero-order valence-electron chi connectivity index (χ0n) is 16.3. The maximum atomic E-state index is 12.7. The quantitative estimate of drug-likeness (QED) is 0.402. The molecule has 0 saturated heterocycles. The van der Waals surface area contributed by atoms with Crippen LogP contribution in [0, 0.1) is 0 Å². The summed E-state index contributed by atoms with van der Waals surface area (Å²) in [6.07, 6.45) is -9.42. The minimum absolute atomic E-state index is 0.0507. The number of nitrogens with one attached hydrogen (secondary N) is 2. The molecule has 1 aromatic heterocycles. The molecule has 2 aromatic carbocycles. The highest BCUT2D eigenvalue weighted by Gasteiger charge is 2.31. The number of benzene rings is 2. The van der Waals surface area contributed by atoms with Gasteiger partial charge < -0.3 is 20.5 Å². The molecule has 0 aliphatic rings. The van der Waals surface area contributed by atoms with Crippen molar-refractivity contribution in [2.45, 2.75) is 12.5 Å². The van der Waals surface area contributed by atoms with E-state index in [-0.39, 0.29) is 28.7 Å². The van der Waals surface area contributed by atoms with Crippen molar-refractivity contribution in [1.29, 1.82) is 0 Å². The second-order valence-corrected chi connectivity index (χ2v) is 6.49. The van der Waals surface area contributed by atoms with Gasteiger partial charge in [0, 0.05) is 17.3 Å². The third kappa shape index (κ3) is 6.98. The first kappa shape index (κ1) is 23.6. The smallest absolute Gasteiger partial charge is 0.480 e. The van der Waals surface area contributed by atoms with Crippen LogP contribution in [0.2, 0.25) is 0 Å². The van der Waals surface area contributed by atoms with Crippen LogP contribution in [-0.4, -0.2) is 34.0 Å². The molecule has 3 N–H and O–H groups in total. The summed E-state index contributed by atoms with van der Waals surface area (Å²) < 4.78 is 79.7. The molecule has 0 unspecified atom stereocenters. The summed E-state index contributed by atoms with van der Waals surface area (Å²) >= 11 is 0. The first-order chi connectivity index (χ1) is 15.4. The number of hydrogen-bond acceptors (Lipinski definition) is 6. The standard InChI is InChI=1S/C20H14F6N4O3/c21-19(22,23)12-4-6-13(7-5-12)28-16-9-15(29-18(30-16)27-10-17(31)32)11-2-1-3-14(8-11)33-20(24,25)26/h1-9H,10H2,(H,31,32)(H2,27,28,29,30). The highest BCUT2D eigenvalue weighted by atomic mass is 19.4. The monoisotopic (exact) mass is 472 g/mol. The van der Waals surface area contributed by atoms with E-state index in [1.807, 2.05) is 0 Å². The Morgan fingerprint density at radius 3 is 2.27 bits per heavy atom. The maximum absolute atomic E-state index is 12.7. The van der Waals surface area contributed by atoms with Crippen LogP contribution in [0.3, 0.4) is 0 Å². The van der Waals surface area contributed by atoms with Crippen molar-refractivity contribution < 1.29 is 41.0 Å². The van der Waals surface area contributed by atoms with Crippen LogP contribution in [0.5, 0.6) is 5.75 Å². The molecule has 0 aliphatic heterocycles. The zero-order chi connectivity index (χ0) is 24.2. The van der Waals surface area contributed by atoms with Gasteiger partial charge in [0.15, 0.2) is 0 Å². The van der Waals surface area contributed by atoms with E-state index in [0.717, 1.165) is 36.4 Å². The van der Waals surface area contributed by atoms with Crippen molar-refractivity contribution in [2.75, 3.05) is 17.2 Å². The molecule has 0 saturated carbocycles. The van der Waals surface area contributed by atoms with Crippen molar-refractivity contribution in [3.8, 4) is 17.0 Å². The highest BCUT2D eigenvalue weighted by Crippen LogP contribution is 2.31. The van der Waals surface area contributed by atoms with Gasteiger partial charge in [-0.1, -0.05) is 12.1 Å². The number of aromatic nitrogens is 2. The molecule has 1 heterocycles. The Balaban J connectivity index is 1.94. The molecule has 33 heavy (non-hydrogen) atoms. The summed E-state index contributed by atoms with van der Waals surface area (Å²) in [6, 6.07) is 10.2. The van der Waals surface area contributed by atoms with Crippen LogP contribution in [0.1, 0.15) is 5.56 Å². The topological polar surface area (TPSA) is 96.4 Å². The SMILES string of the molecule is O=C(O)CNc1nc(Nc2ccc(C(F)(F)F)cc2)cc(-c2cccc(OC(F)(F)F)c2)n1. The van der Waals surface area contributed by atoms with E-state index in [9.17, 15) is 31.1 Å². The fraction of sp³-hybridized carbons (Fsp3) is 0.150. The van der Waals surface area contributed by atoms with E-state index in [1.165, 1.54) is 18.2 Å². The van der Waals surface area contributed by atoms with Crippen LogP contribution >= 0.6 is 0 Å². The zero-order valence-corrected chi connectivity index (χ0v) is 16.3. The van der Waals surface area contributed by atoms with Gasteiger partial charge >= 0.3 is 18.5 Å². The summed E-state index contributed by atoms with van der Waals surface area (Å²) in [5, 5.41) is 14.1. The molecule has 0 aliphatic carbocycles. The fourth-order valence-electron chi connectivity index (χ4n) is 2.64. The van der Waals surface area contributed by atoms with Crippen molar-refractivity contribution in [3.63, 3.8) is 0 Å². The normalized spacial score (nSPS) is 11.7. The minimum Gasteiger partial charge on any atom is -0.480 e. The van der Waals surface area contributed by atoms with Gasteiger partial charge in [0.2, 0.25) is 5.95 Å². The van der Waals surface area contributed by atoms with Gasteiger partial charge in [-0.3, -0.25) is 4.79 Å². The summed E-state index contributed by atoms with van der Waals surface area (Å²) in [6.45, 7) is -0.555. The van der Waals surface area contributed by atoms with Crippen LogP contribution < -0.4 is 15.4 Å². The van der Waals surface area contributed by atoms with Gasteiger partial charge in [-0.15, -0.1) is 13.2 Å². The molecule has 0 radical (unpaired) electrons. The summed E-state index contributed by atoms with van der Waals surface area (Å²) in [5.74, 6) is -1.85. The first-order valence-corrected chi connectivity index (χ1v) is 9.04. The molecule has 0 amide bonds. The van der Waals surface area contributed by atoms with Crippen LogP contribution in [0.15, 0.2) is 54.6 Å². The lowest BCUT2D eigenvalue weighted by Crippen LogP contribution is -2.17. The second-order valence-electron chi connectivity index (χ2n) is 6.49. The summed E-state index contributed by atoms with van der Waals surface area (Å²) in [4.78, 5) is 19.0. The Kier molecular flexibility index (Phi) is 6.60. The number of nitrogens with zero attached hydrogens (tertiary/aromatic N) is 2. The number of carboxylic acids is 1. The molecule has 7 nitrogen and oxygen atoms in total. The number of aliphatic carboxylic acids is 1. The van der Waals surface area contributed by atoms with Gasteiger partial charge in [-0.2, -0.15) is 18.2 Å². The number of ether oxygens (including phenoxy) is 1. The number of hydrogen-bond donors (Lipinski definition) is 3. The molecular formula is C20H14F6N4O3. The van der Waals surface area contributed by atoms with Crippen LogP contribution in [0.4, 0.5) is 43.8 Å². The average molecular weight is 472 g/mol. The van der Waals surface area contributed by atoms with Crippen molar-refractivity contribution in [3.05, 3.63) is 60.2 Å². The summed E-state index contributed by atoms with van der Waals surface area (Å²) in [5.41, 5.74) is -0.347. The van der Waals surface area contributed by atoms with Crippen molar-refractivity contribution in [2.24, 2.45) is 0 Å². The molecule has 0 atom stereocenters. The largest absolute Gasteiger partial charge is 0.573 e. The van der Waals surface area contributed by atoms with Crippen LogP contribution in [0.25, 0.3) is 11.3 Å². The number of anilines is 3. The number of carboxylic acid groups (broad SMARTS) is 1. The highest BCUT2D eigenvalue weighted by molar-refractivity contribution is 5.73. The van der Waals surface area contributed by atoms with E-state index in [0.29, 0.717) is 0 Å². The molecule has 3 aromatic rings. The molecule has 3 rings (SSSR count).